The summed E-state index contributed by atoms with van der Waals surface area (Å²) in [4.78, 5) is 35.2. The molecule has 2 amide bonds. The molecule has 1 saturated heterocycles. The molecule has 0 radical (unpaired) electrons. The molecule has 1 heterocycles. The third kappa shape index (κ3) is 8.90. The molecule has 222 valence electrons. The molecule has 4 rings (SSSR count). The van der Waals surface area contributed by atoms with Gasteiger partial charge in [0, 0.05) is 53.3 Å². The predicted molar refractivity (Wildman–Crippen MR) is 161 cm³/mol. The second-order valence-electron chi connectivity index (χ2n) is 10.3. The molecule has 0 aliphatic carbocycles. The number of rotatable bonds is 12. The van der Waals surface area contributed by atoms with Gasteiger partial charge in [-0.1, -0.05) is 43.3 Å². The molecule has 4 atom stereocenters. The number of ether oxygens (including phenoxy) is 2. The van der Waals surface area contributed by atoms with Crippen LogP contribution in [0, 0.1) is 5.92 Å². The summed E-state index contributed by atoms with van der Waals surface area (Å²) >= 11 is 1.67. The molecule has 1 fully saturated rings. The van der Waals surface area contributed by atoms with Gasteiger partial charge in [-0.05, 0) is 53.9 Å². The van der Waals surface area contributed by atoms with E-state index in [1.54, 1.807) is 23.9 Å². The molecule has 0 unspecified atom stereocenters. The van der Waals surface area contributed by atoms with Gasteiger partial charge in [-0.15, -0.1) is 11.8 Å². The molecule has 0 aromatic heterocycles. The number of thioether (sulfide) groups is 1. The first kappa shape index (κ1) is 31.2. The topological polar surface area (TPSA) is 134 Å². The van der Waals surface area contributed by atoms with Crippen LogP contribution in [0.15, 0.2) is 77.7 Å². The number of hydrogen-bond donors (Lipinski definition) is 4. The Morgan fingerprint density at radius 2 is 1.45 bits per heavy atom. The van der Waals surface area contributed by atoms with Crippen LogP contribution < -0.4 is 10.6 Å². The number of aliphatic carboxylic acids is 1. The van der Waals surface area contributed by atoms with Gasteiger partial charge in [-0.25, -0.2) is 0 Å². The Bertz CT molecular complexity index is 1350. The third-order valence-electron chi connectivity index (χ3n) is 6.97. The van der Waals surface area contributed by atoms with Crippen LogP contribution >= 0.6 is 11.8 Å². The summed E-state index contributed by atoms with van der Waals surface area (Å²) in [5.74, 6) is -0.576. The van der Waals surface area contributed by atoms with Gasteiger partial charge in [0.05, 0.1) is 18.8 Å². The van der Waals surface area contributed by atoms with E-state index in [4.69, 9.17) is 14.6 Å². The Hall–Kier alpha value is -3.70. The van der Waals surface area contributed by atoms with Crippen LogP contribution in [0.1, 0.15) is 62.2 Å². The average Bonchev–Trinajstić information content (AvgIpc) is 2.97. The van der Waals surface area contributed by atoms with Gasteiger partial charge in [0.25, 0.3) is 0 Å². The zero-order chi connectivity index (χ0) is 30.1. The second kappa shape index (κ2) is 15.0. The molecule has 0 bridgehead atoms. The number of carbonyl (C=O) groups is 3. The Kier molecular flexibility index (Phi) is 11.1. The van der Waals surface area contributed by atoms with Crippen molar-refractivity contribution in [1.82, 2.24) is 0 Å². The number of benzene rings is 3. The van der Waals surface area contributed by atoms with Gasteiger partial charge >= 0.3 is 5.97 Å². The molecular formula is C32H36N2O7S. The van der Waals surface area contributed by atoms with Crippen LogP contribution in [-0.2, 0) is 30.5 Å². The van der Waals surface area contributed by atoms with Crippen molar-refractivity contribution in [1.29, 1.82) is 0 Å². The molecule has 3 aromatic carbocycles. The van der Waals surface area contributed by atoms with Crippen molar-refractivity contribution in [3.8, 4) is 0 Å². The number of carboxylic acid groups (broad SMARTS) is 1. The van der Waals surface area contributed by atoms with Crippen molar-refractivity contribution in [3.05, 3.63) is 89.5 Å². The van der Waals surface area contributed by atoms with Crippen molar-refractivity contribution in [2.45, 2.75) is 63.1 Å². The number of aliphatic hydroxyl groups is 1. The standard InChI is InChI=1S/C32H36N2O7S/c1-20-28(19-42-27-16-14-25(15-17-27)33-21(2)36)40-32(41-31(20)23-8-6-22(18-35)7-9-23)24-10-12-26(13-11-24)34-29(37)4-3-5-30(38)39/h6-17,20,28,31-32,35H,3-5,18-19H2,1-2H3,(H,33,36)(H,34,37)(H,38,39)/t20-,28+,31+,32+/m1/s1. The zero-order valence-corrected chi connectivity index (χ0v) is 24.4. The fourth-order valence-electron chi connectivity index (χ4n) is 4.67. The number of aliphatic hydroxyl groups excluding tert-OH is 1. The zero-order valence-electron chi connectivity index (χ0n) is 23.6. The largest absolute Gasteiger partial charge is 0.481 e. The first-order chi connectivity index (χ1) is 20.2. The summed E-state index contributed by atoms with van der Waals surface area (Å²) in [5, 5.41) is 23.8. The van der Waals surface area contributed by atoms with Crippen molar-refractivity contribution < 1.29 is 34.1 Å². The van der Waals surface area contributed by atoms with E-state index in [2.05, 4.69) is 17.6 Å². The predicted octanol–water partition coefficient (Wildman–Crippen LogP) is 5.91. The summed E-state index contributed by atoms with van der Waals surface area (Å²) in [6, 6.07) is 22.7. The summed E-state index contributed by atoms with van der Waals surface area (Å²) in [7, 11) is 0. The Morgan fingerprint density at radius 3 is 2.07 bits per heavy atom. The van der Waals surface area contributed by atoms with Gasteiger partial charge < -0.3 is 30.3 Å². The fourth-order valence-corrected chi connectivity index (χ4v) is 5.74. The molecule has 3 aromatic rings. The lowest BCUT2D eigenvalue weighted by Crippen LogP contribution is -2.38. The third-order valence-corrected chi connectivity index (χ3v) is 8.07. The van der Waals surface area contributed by atoms with Crippen molar-refractivity contribution >= 4 is 40.9 Å². The van der Waals surface area contributed by atoms with Crippen LogP contribution in [0.2, 0.25) is 0 Å². The fraction of sp³-hybridized carbons (Fsp3) is 0.344. The van der Waals surface area contributed by atoms with Crippen LogP contribution in [-0.4, -0.2) is 39.9 Å². The minimum Gasteiger partial charge on any atom is -0.481 e. The van der Waals surface area contributed by atoms with Crippen LogP contribution in [0.4, 0.5) is 11.4 Å². The van der Waals surface area contributed by atoms with Crippen molar-refractivity contribution in [3.63, 3.8) is 0 Å². The lowest BCUT2D eigenvalue weighted by atomic mass is 9.91. The lowest BCUT2D eigenvalue weighted by Gasteiger charge is -2.41. The minimum absolute atomic E-state index is 0.0248. The quantitative estimate of drug-likeness (QED) is 0.191. The monoisotopic (exact) mass is 592 g/mol. The molecule has 42 heavy (non-hydrogen) atoms. The van der Waals surface area contributed by atoms with E-state index in [1.807, 2.05) is 60.7 Å². The van der Waals surface area contributed by atoms with Gasteiger partial charge in [-0.3, -0.25) is 14.4 Å². The lowest BCUT2D eigenvalue weighted by molar-refractivity contribution is -0.268. The van der Waals surface area contributed by atoms with E-state index in [0.29, 0.717) is 11.4 Å². The molecule has 1 aliphatic rings. The minimum atomic E-state index is -0.923. The number of carbonyl (C=O) groups excluding carboxylic acids is 2. The SMILES string of the molecule is CC(=O)Nc1ccc(SC[C@@H]2O[C@H](c3ccc(NC(=O)CCCC(=O)O)cc3)O[C@H](c3ccc(CO)cc3)[C@@H]2C)cc1. The van der Waals surface area contributed by atoms with E-state index in [0.717, 1.165) is 27.3 Å². The highest BCUT2D eigenvalue weighted by Gasteiger charge is 2.38. The second-order valence-corrected chi connectivity index (χ2v) is 11.3. The van der Waals surface area contributed by atoms with E-state index < -0.39 is 12.3 Å². The van der Waals surface area contributed by atoms with Crippen LogP contribution in [0.5, 0.6) is 0 Å². The number of nitrogens with one attached hydrogen (secondary N) is 2. The van der Waals surface area contributed by atoms with Gasteiger partial charge in [0.2, 0.25) is 11.8 Å². The van der Waals surface area contributed by atoms with E-state index in [-0.39, 0.29) is 55.8 Å². The molecule has 4 N–H and O–H groups in total. The summed E-state index contributed by atoms with van der Waals surface area (Å²) in [6.45, 7) is 3.55. The molecule has 10 heteroatoms. The highest BCUT2D eigenvalue weighted by molar-refractivity contribution is 7.99. The van der Waals surface area contributed by atoms with E-state index >= 15 is 0 Å². The van der Waals surface area contributed by atoms with Gasteiger partial charge in [-0.2, -0.15) is 0 Å². The van der Waals surface area contributed by atoms with Crippen LogP contribution in [0.3, 0.4) is 0 Å². The van der Waals surface area contributed by atoms with Gasteiger partial charge in [0.1, 0.15) is 0 Å². The normalized spacial score (nSPS) is 20.1. The highest BCUT2D eigenvalue weighted by atomic mass is 32.2. The first-order valence-corrected chi connectivity index (χ1v) is 14.8. The molecule has 0 spiro atoms. The maximum atomic E-state index is 12.2. The number of hydrogen-bond acceptors (Lipinski definition) is 7. The Labute approximate surface area is 249 Å². The maximum absolute atomic E-state index is 12.2. The average molecular weight is 593 g/mol. The number of amides is 2. The van der Waals surface area contributed by atoms with Crippen molar-refractivity contribution in [2.24, 2.45) is 5.92 Å². The molecule has 9 nitrogen and oxygen atoms in total. The smallest absolute Gasteiger partial charge is 0.303 e. The van der Waals surface area contributed by atoms with E-state index in [9.17, 15) is 19.5 Å². The molecule has 0 saturated carbocycles. The first-order valence-electron chi connectivity index (χ1n) is 13.8. The number of carboxylic acids is 1. The number of anilines is 2. The van der Waals surface area contributed by atoms with Gasteiger partial charge in [0.15, 0.2) is 6.29 Å². The Morgan fingerprint density at radius 1 is 0.833 bits per heavy atom. The summed E-state index contributed by atoms with van der Waals surface area (Å²) < 4.78 is 13.0. The molecular weight excluding hydrogens is 556 g/mol. The highest BCUT2D eigenvalue weighted by Crippen LogP contribution is 2.43. The van der Waals surface area contributed by atoms with Crippen LogP contribution in [0.25, 0.3) is 0 Å². The Balaban J connectivity index is 1.47. The molecule has 1 aliphatic heterocycles. The summed E-state index contributed by atoms with van der Waals surface area (Å²) in [5.41, 5.74) is 3.97. The maximum Gasteiger partial charge on any atom is 0.303 e. The van der Waals surface area contributed by atoms with Crippen molar-refractivity contribution in [2.75, 3.05) is 16.4 Å². The summed E-state index contributed by atoms with van der Waals surface area (Å²) in [6.07, 6.45) is -0.685. The van der Waals surface area contributed by atoms with E-state index in [1.165, 1.54) is 6.92 Å².